The van der Waals surface area contributed by atoms with E-state index >= 15 is 0 Å². The van der Waals surface area contributed by atoms with Crippen LogP contribution in [0.5, 0.6) is 6.01 Å². The van der Waals surface area contributed by atoms with Gasteiger partial charge in [-0.25, -0.2) is 0 Å². The Morgan fingerprint density at radius 1 is 1.22 bits per heavy atom. The van der Waals surface area contributed by atoms with Crippen LogP contribution in [-0.2, 0) is 0 Å². The Morgan fingerprint density at radius 3 is 2.50 bits per heavy atom. The Hall–Kier alpha value is -1.10. The summed E-state index contributed by atoms with van der Waals surface area (Å²) in [5.41, 5.74) is 0. The number of nitrogens with one attached hydrogen (secondary N) is 1. The molecule has 0 aromatic carbocycles. The summed E-state index contributed by atoms with van der Waals surface area (Å²) in [6.45, 7) is 8.10. The number of halogens is 1. The van der Waals surface area contributed by atoms with Crippen LogP contribution in [-0.4, -0.2) is 27.1 Å². The highest BCUT2D eigenvalue weighted by molar-refractivity contribution is 6.28. The molecule has 102 valence electrons. The number of hydrogen-bond donors (Lipinski definition) is 1. The van der Waals surface area contributed by atoms with Crippen molar-refractivity contribution in [1.82, 2.24) is 15.0 Å². The molecule has 1 atom stereocenters. The Balaban J connectivity index is 2.78. The number of ether oxygens (including phenoxy) is 1. The molecule has 5 nitrogen and oxygen atoms in total. The average Bonchev–Trinajstić information content (AvgIpc) is 2.26. The normalized spacial score (nSPS) is 12.6. The van der Waals surface area contributed by atoms with Gasteiger partial charge < -0.3 is 10.1 Å². The fraction of sp³-hybridized carbons (Fsp3) is 0.750. The van der Waals surface area contributed by atoms with Crippen molar-refractivity contribution in [2.24, 2.45) is 0 Å². The van der Waals surface area contributed by atoms with E-state index in [1.165, 1.54) is 0 Å². The van der Waals surface area contributed by atoms with Crippen LogP contribution in [0.15, 0.2) is 0 Å². The van der Waals surface area contributed by atoms with Gasteiger partial charge in [-0.1, -0.05) is 20.3 Å². The summed E-state index contributed by atoms with van der Waals surface area (Å²) in [4.78, 5) is 12.2. The zero-order valence-electron chi connectivity index (χ0n) is 11.4. The molecule has 0 aliphatic carbocycles. The third-order valence-electron chi connectivity index (χ3n) is 2.39. The van der Waals surface area contributed by atoms with Gasteiger partial charge in [-0.15, -0.1) is 0 Å². The molecular formula is C12H21ClN4O. The SMILES string of the molecule is CCCC(CC)Nc1nc(Cl)nc(OC(C)C)n1. The van der Waals surface area contributed by atoms with Crippen LogP contribution < -0.4 is 10.1 Å². The Labute approximate surface area is 113 Å². The van der Waals surface area contributed by atoms with Crippen molar-refractivity contribution in [3.63, 3.8) is 0 Å². The summed E-state index contributed by atoms with van der Waals surface area (Å²) >= 11 is 5.85. The van der Waals surface area contributed by atoms with E-state index in [0.717, 1.165) is 19.3 Å². The highest BCUT2D eigenvalue weighted by Gasteiger charge is 2.11. The third-order valence-corrected chi connectivity index (χ3v) is 2.56. The summed E-state index contributed by atoms with van der Waals surface area (Å²) in [7, 11) is 0. The lowest BCUT2D eigenvalue weighted by Gasteiger charge is -2.16. The second-order valence-electron chi connectivity index (χ2n) is 4.42. The predicted molar refractivity (Wildman–Crippen MR) is 73.2 cm³/mol. The van der Waals surface area contributed by atoms with Crippen molar-refractivity contribution in [3.8, 4) is 6.01 Å². The summed E-state index contributed by atoms with van der Waals surface area (Å²) in [6, 6.07) is 0.610. The monoisotopic (exact) mass is 272 g/mol. The second kappa shape index (κ2) is 7.36. The third kappa shape index (κ3) is 5.04. The van der Waals surface area contributed by atoms with Crippen molar-refractivity contribution in [3.05, 3.63) is 5.28 Å². The molecule has 1 rings (SSSR count). The molecule has 0 saturated carbocycles. The van der Waals surface area contributed by atoms with Gasteiger partial charge in [0.15, 0.2) is 0 Å². The van der Waals surface area contributed by atoms with E-state index in [9.17, 15) is 0 Å². The molecule has 1 aromatic rings. The van der Waals surface area contributed by atoms with E-state index in [1.807, 2.05) is 13.8 Å². The lowest BCUT2D eigenvalue weighted by molar-refractivity contribution is 0.222. The Morgan fingerprint density at radius 2 is 1.94 bits per heavy atom. The number of nitrogens with zero attached hydrogens (tertiary/aromatic N) is 3. The topological polar surface area (TPSA) is 59.9 Å². The number of aromatic nitrogens is 3. The van der Waals surface area contributed by atoms with Crippen LogP contribution >= 0.6 is 11.6 Å². The molecule has 0 radical (unpaired) electrons. The van der Waals surface area contributed by atoms with Gasteiger partial charge in [-0.3, -0.25) is 0 Å². The maximum atomic E-state index is 5.85. The van der Waals surface area contributed by atoms with Crippen LogP contribution in [0, 0.1) is 0 Å². The Kier molecular flexibility index (Phi) is 6.12. The maximum Gasteiger partial charge on any atom is 0.322 e. The Bertz CT molecular complexity index is 373. The molecule has 0 aliphatic rings. The first kappa shape index (κ1) is 15.0. The minimum atomic E-state index is 0.00827. The van der Waals surface area contributed by atoms with Gasteiger partial charge in [-0.05, 0) is 38.3 Å². The van der Waals surface area contributed by atoms with E-state index in [-0.39, 0.29) is 17.4 Å². The molecule has 0 bridgehead atoms. The number of rotatable bonds is 7. The first-order valence-electron chi connectivity index (χ1n) is 6.39. The van der Waals surface area contributed by atoms with Crippen molar-refractivity contribution in [2.75, 3.05) is 5.32 Å². The van der Waals surface area contributed by atoms with Gasteiger partial charge in [0.2, 0.25) is 11.2 Å². The fourth-order valence-corrected chi connectivity index (χ4v) is 1.72. The standard InChI is InChI=1S/C12H21ClN4O/c1-5-7-9(6-2)14-11-15-10(13)16-12(17-11)18-8(3)4/h8-9H,5-7H2,1-4H3,(H,14,15,16,17). The molecule has 1 N–H and O–H groups in total. The smallest absolute Gasteiger partial charge is 0.322 e. The molecular weight excluding hydrogens is 252 g/mol. The maximum absolute atomic E-state index is 5.85. The van der Waals surface area contributed by atoms with Gasteiger partial charge >= 0.3 is 6.01 Å². The fourth-order valence-electron chi connectivity index (χ4n) is 1.57. The number of anilines is 1. The van der Waals surface area contributed by atoms with Gasteiger partial charge in [0.05, 0.1) is 6.10 Å². The molecule has 0 aliphatic heterocycles. The van der Waals surface area contributed by atoms with Crippen molar-refractivity contribution in [2.45, 2.75) is 59.1 Å². The molecule has 0 spiro atoms. The van der Waals surface area contributed by atoms with E-state index in [1.54, 1.807) is 0 Å². The highest BCUT2D eigenvalue weighted by Crippen LogP contribution is 2.15. The van der Waals surface area contributed by atoms with Crippen molar-refractivity contribution < 1.29 is 4.74 Å². The predicted octanol–water partition coefficient (Wildman–Crippen LogP) is 3.30. The van der Waals surface area contributed by atoms with Gasteiger partial charge in [0, 0.05) is 6.04 Å². The minimum Gasteiger partial charge on any atom is -0.461 e. The molecule has 6 heteroatoms. The largest absolute Gasteiger partial charge is 0.461 e. The molecule has 1 heterocycles. The molecule has 18 heavy (non-hydrogen) atoms. The van der Waals surface area contributed by atoms with E-state index in [4.69, 9.17) is 16.3 Å². The van der Waals surface area contributed by atoms with Crippen LogP contribution in [0.1, 0.15) is 47.0 Å². The lowest BCUT2D eigenvalue weighted by atomic mass is 10.1. The van der Waals surface area contributed by atoms with Crippen molar-refractivity contribution in [1.29, 1.82) is 0 Å². The van der Waals surface area contributed by atoms with Crippen molar-refractivity contribution >= 4 is 17.5 Å². The first-order valence-corrected chi connectivity index (χ1v) is 6.77. The van der Waals surface area contributed by atoms with Crippen LogP contribution in [0.2, 0.25) is 5.28 Å². The van der Waals surface area contributed by atoms with Gasteiger partial charge in [0.1, 0.15) is 0 Å². The van der Waals surface area contributed by atoms with E-state index in [2.05, 4.69) is 34.1 Å². The second-order valence-corrected chi connectivity index (χ2v) is 4.75. The number of hydrogen-bond acceptors (Lipinski definition) is 5. The molecule has 1 unspecified atom stereocenters. The van der Waals surface area contributed by atoms with Crippen LogP contribution in [0.4, 0.5) is 5.95 Å². The van der Waals surface area contributed by atoms with E-state index in [0.29, 0.717) is 12.0 Å². The zero-order chi connectivity index (χ0) is 13.5. The van der Waals surface area contributed by atoms with Crippen LogP contribution in [0.25, 0.3) is 0 Å². The summed E-state index contributed by atoms with van der Waals surface area (Å²) in [5.74, 6) is 0.478. The van der Waals surface area contributed by atoms with E-state index < -0.39 is 0 Å². The lowest BCUT2D eigenvalue weighted by Crippen LogP contribution is -2.20. The zero-order valence-corrected chi connectivity index (χ0v) is 12.2. The van der Waals surface area contributed by atoms with Gasteiger partial charge in [-0.2, -0.15) is 15.0 Å². The summed E-state index contributed by atoms with van der Waals surface area (Å²) < 4.78 is 5.42. The molecule has 0 saturated heterocycles. The van der Waals surface area contributed by atoms with Gasteiger partial charge in [0.25, 0.3) is 0 Å². The summed E-state index contributed by atoms with van der Waals surface area (Å²) in [5, 5.41) is 3.41. The first-order chi connectivity index (χ1) is 8.55. The highest BCUT2D eigenvalue weighted by atomic mass is 35.5. The minimum absolute atomic E-state index is 0.00827. The quantitative estimate of drug-likeness (QED) is 0.825. The molecule has 1 aromatic heterocycles. The van der Waals surface area contributed by atoms with Crippen LogP contribution in [0.3, 0.4) is 0 Å². The summed E-state index contributed by atoms with van der Waals surface area (Å²) in [6.07, 6.45) is 3.20. The molecule has 0 fully saturated rings. The average molecular weight is 273 g/mol. The molecule has 0 amide bonds.